The first-order chi connectivity index (χ1) is 12.8. The topological polar surface area (TPSA) is 104 Å². The average Bonchev–Trinajstić information content (AvgIpc) is 3.19. The number of nitrogens with zero attached hydrogens (tertiary/aromatic N) is 5. The molecule has 0 bridgehead atoms. The van der Waals surface area contributed by atoms with Crippen LogP contribution in [0.15, 0.2) is 41.3 Å². The summed E-state index contributed by atoms with van der Waals surface area (Å²) in [6, 6.07) is 5.89. The molecule has 8 nitrogen and oxygen atoms in total. The first-order valence-electron chi connectivity index (χ1n) is 8.21. The van der Waals surface area contributed by atoms with Gasteiger partial charge in [0.15, 0.2) is 15.7 Å². The van der Waals surface area contributed by atoms with E-state index >= 15 is 0 Å². The van der Waals surface area contributed by atoms with Crippen molar-refractivity contribution in [1.29, 1.82) is 0 Å². The molecule has 0 saturated heterocycles. The lowest BCUT2D eigenvalue weighted by atomic mass is 10.0. The van der Waals surface area contributed by atoms with Crippen LogP contribution in [-0.4, -0.2) is 39.6 Å². The monoisotopic (exact) mass is 383 g/mol. The van der Waals surface area contributed by atoms with Gasteiger partial charge in [-0.1, -0.05) is 11.2 Å². The zero-order valence-corrected chi connectivity index (χ0v) is 15.9. The molecule has 4 aromatic rings. The molecule has 0 aliphatic rings. The molecule has 0 N–H and O–H groups in total. The van der Waals surface area contributed by atoms with Gasteiger partial charge in [0.1, 0.15) is 11.6 Å². The molecule has 138 valence electrons. The highest BCUT2D eigenvalue weighted by atomic mass is 32.2. The van der Waals surface area contributed by atoms with Crippen molar-refractivity contribution in [2.24, 2.45) is 0 Å². The molecule has 0 atom stereocenters. The number of aryl methyl sites for hydroxylation is 2. The van der Waals surface area contributed by atoms with Gasteiger partial charge in [0.05, 0.1) is 23.0 Å². The molecule has 9 heteroatoms. The van der Waals surface area contributed by atoms with E-state index in [2.05, 4.69) is 20.2 Å². The van der Waals surface area contributed by atoms with E-state index in [0.29, 0.717) is 11.4 Å². The lowest BCUT2D eigenvalue weighted by molar-refractivity contribution is 0.393. The summed E-state index contributed by atoms with van der Waals surface area (Å²) in [5.74, 6) is 1.08. The van der Waals surface area contributed by atoms with Crippen LogP contribution in [0, 0.1) is 13.8 Å². The zero-order chi connectivity index (χ0) is 19.2. The fourth-order valence-corrected chi connectivity index (χ4v) is 3.63. The molecule has 0 aliphatic carbocycles. The highest BCUT2D eigenvalue weighted by Crippen LogP contribution is 2.29. The molecule has 0 unspecified atom stereocenters. The predicted octanol–water partition coefficient (Wildman–Crippen LogP) is 2.77. The summed E-state index contributed by atoms with van der Waals surface area (Å²) >= 11 is 0. The highest BCUT2D eigenvalue weighted by molar-refractivity contribution is 7.89. The Morgan fingerprint density at radius 3 is 2.67 bits per heavy atom. The summed E-state index contributed by atoms with van der Waals surface area (Å²) in [4.78, 5) is 8.97. The Labute approximate surface area is 155 Å². The molecule has 3 aromatic heterocycles. The van der Waals surface area contributed by atoms with Crippen molar-refractivity contribution in [2.45, 2.75) is 19.7 Å². The maximum atomic E-state index is 11.4. The normalized spacial score (nSPS) is 12.0. The second-order valence-electron chi connectivity index (χ2n) is 6.49. The van der Waals surface area contributed by atoms with Gasteiger partial charge >= 0.3 is 0 Å². The van der Waals surface area contributed by atoms with Gasteiger partial charge < -0.3 is 4.52 Å². The van der Waals surface area contributed by atoms with Gasteiger partial charge in [0, 0.05) is 29.6 Å². The maximum absolute atomic E-state index is 11.4. The van der Waals surface area contributed by atoms with E-state index < -0.39 is 9.84 Å². The van der Waals surface area contributed by atoms with E-state index in [4.69, 9.17) is 4.52 Å². The van der Waals surface area contributed by atoms with Gasteiger partial charge in [-0.25, -0.2) is 18.4 Å². The van der Waals surface area contributed by atoms with Crippen molar-refractivity contribution in [3.63, 3.8) is 0 Å². The Balaban J connectivity index is 1.71. The molecular weight excluding hydrogens is 366 g/mol. The summed E-state index contributed by atoms with van der Waals surface area (Å²) in [7, 11) is -3.17. The minimum absolute atomic E-state index is 0.179. The highest BCUT2D eigenvalue weighted by Gasteiger charge is 2.13. The maximum Gasteiger partial charge on any atom is 0.167 e. The summed E-state index contributed by atoms with van der Waals surface area (Å²) in [5.41, 5.74) is 4.25. The molecular formula is C18H17N5O3S. The van der Waals surface area contributed by atoms with Gasteiger partial charge in [0.2, 0.25) is 0 Å². The van der Waals surface area contributed by atoms with Gasteiger partial charge in [-0.15, -0.1) is 0 Å². The van der Waals surface area contributed by atoms with Crippen LogP contribution in [0.2, 0.25) is 0 Å². The van der Waals surface area contributed by atoms with E-state index in [0.717, 1.165) is 39.7 Å². The van der Waals surface area contributed by atoms with Crippen LogP contribution in [-0.2, 0) is 15.7 Å². The molecule has 0 aliphatic heterocycles. The number of benzene rings is 1. The summed E-state index contributed by atoms with van der Waals surface area (Å²) in [6.07, 6.45) is 6.09. The standard InChI is InChI=1S/C18H17N5O3S/c1-11-17(12(2)26-22-11)13-4-5-16-14(6-13)7-19-18(21-16)15-8-20-23(9-15)10-27(3,24)25/h4-9H,10H2,1-3H3. The lowest BCUT2D eigenvalue weighted by Gasteiger charge is -2.04. The number of hydrogen-bond donors (Lipinski definition) is 0. The van der Waals surface area contributed by atoms with Gasteiger partial charge in [-0.05, 0) is 31.5 Å². The fourth-order valence-electron chi connectivity index (χ4n) is 3.01. The quantitative estimate of drug-likeness (QED) is 0.534. The third kappa shape index (κ3) is 3.45. The number of rotatable bonds is 4. The van der Waals surface area contributed by atoms with E-state index in [9.17, 15) is 8.42 Å². The van der Waals surface area contributed by atoms with Crippen LogP contribution in [0.5, 0.6) is 0 Å². The van der Waals surface area contributed by atoms with Gasteiger partial charge in [-0.3, -0.25) is 4.68 Å². The number of aromatic nitrogens is 5. The van der Waals surface area contributed by atoms with Crippen molar-refractivity contribution < 1.29 is 12.9 Å². The molecule has 0 amide bonds. The minimum atomic E-state index is -3.17. The number of sulfone groups is 1. The predicted molar refractivity (Wildman–Crippen MR) is 101 cm³/mol. The van der Waals surface area contributed by atoms with Crippen LogP contribution in [0.1, 0.15) is 11.5 Å². The Morgan fingerprint density at radius 2 is 1.96 bits per heavy atom. The minimum Gasteiger partial charge on any atom is -0.361 e. The Bertz CT molecular complexity index is 1240. The second-order valence-corrected chi connectivity index (χ2v) is 8.60. The molecule has 3 heterocycles. The van der Waals surface area contributed by atoms with E-state index in [-0.39, 0.29) is 5.88 Å². The van der Waals surface area contributed by atoms with Crippen LogP contribution in [0.4, 0.5) is 0 Å². The lowest BCUT2D eigenvalue weighted by Crippen LogP contribution is -2.08. The SMILES string of the molecule is Cc1noc(C)c1-c1ccc2nc(-c3cnn(CS(C)(=O)=O)c3)ncc2c1. The Hall–Kier alpha value is -3.07. The first kappa shape index (κ1) is 17.3. The Kier molecular flexibility index (Phi) is 4.03. The van der Waals surface area contributed by atoms with Crippen molar-refractivity contribution in [3.8, 4) is 22.5 Å². The van der Waals surface area contributed by atoms with Crippen LogP contribution < -0.4 is 0 Å². The third-order valence-corrected chi connectivity index (χ3v) is 4.89. The van der Waals surface area contributed by atoms with Crippen LogP contribution in [0.3, 0.4) is 0 Å². The average molecular weight is 383 g/mol. The van der Waals surface area contributed by atoms with Crippen molar-refractivity contribution in [1.82, 2.24) is 24.9 Å². The third-order valence-electron chi connectivity index (χ3n) is 4.16. The van der Waals surface area contributed by atoms with Crippen molar-refractivity contribution in [3.05, 3.63) is 48.2 Å². The largest absolute Gasteiger partial charge is 0.361 e. The molecule has 0 fully saturated rings. The summed E-state index contributed by atoms with van der Waals surface area (Å²) in [6.45, 7) is 3.79. The summed E-state index contributed by atoms with van der Waals surface area (Å²) in [5, 5.41) is 8.95. The van der Waals surface area contributed by atoms with Gasteiger partial charge in [-0.2, -0.15) is 5.10 Å². The van der Waals surface area contributed by atoms with Crippen molar-refractivity contribution >= 4 is 20.7 Å². The zero-order valence-electron chi connectivity index (χ0n) is 15.0. The fraction of sp³-hybridized carbons (Fsp3) is 0.222. The van der Waals surface area contributed by atoms with E-state index in [1.54, 1.807) is 18.6 Å². The number of fused-ring (bicyclic) bond motifs is 1. The number of hydrogen-bond acceptors (Lipinski definition) is 7. The Morgan fingerprint density at radius 1 is 1.15 bits per heavy atom. The smallest absolute Gasteiger partial charge is 0.167 e. The molecule has 1 aromatic carbocycles. The first-order valence-corrected chi connectivity index (χ1v) is 10.3. The van der Waals surface area contributed by atoms with Crippen LogP contribution >= 0.6 is 0 Å². The molecule has 27 heavy (non-hydrogen) atoms. The van der Waals surface area contributed by atoms with Crippen molar-refractivity contribution in [2.75, 3.05) is 6.26 Å². The van der Waals surface area contributed by atoms with E-state index in [1.807, 2.05) is 32.0 Å². The summed E-state index contributed by atoms with van der Waals surface area (Å²) < 4.78 is 29.4. The van der Waals surface area contributed by atoms with Gasteiger partial charge in [0.25, 0.3) is 0 Å². The molecule has 0 saturated carbocycles. The van der Waals surface area contributed by atoms with Crippen LogP contribution in [0.25, 0.3) is 33.4 Å². The molecule has 0 spiro atoms. The second kappa shape index (κ2) is 6.27. The molecule has 0 radical (unpaired) electrons. The molecule has 4 rings (SSSR count). The van der Waals surface area contributed by atoms with E-state index in [1.165, 1.54) is 4.68 Å².